The Bertz CT molecular complexity index is 117. The van der Waals surface area contributed by atoms with Crippen LogP contribution in [0, 0.1) is 73.7 Å². The second-order valence-electron chi connectivity index (χ2n) is 0.750. The summed E-state index contributed by atoms with van der Waals surface area (Å²) in [6.45, 7) is 0. The number of rotatable bonds is 0. The van der Waals surface area contributed by atoms with Crippen molar-refractivity contribution < 1.29 is 132 Å². The maximum absolute atomic E-state index is 8.52. The third kappa shape index (κ3) is 2770. The summed E-state index contributed by atoms with van der Waals surface area (Å²) < 4.78 is 25.6. The van der Waals surface area contributed by atoms with Gasteiger partial charge in [-0.25, -0.2) is 0 Å². The summed E-state index contributed by atoms with van der Waals surface area (Å²) in [5, 5.41) is 0. The summed E-state index contributed by atoms with van der Waals surface area (Å²) >= 11 is 0. The molecule has 0 amide bonds. The van der Waals surface area contributed by atoms with E-state index in [1.165, 1.54) is 0 Å². The molecule has 120 valence electrons. The first-order valence-electron chi connectivity index (χ1n) is 1.84. The summed E-state index contributed by atoms with van der Waals surface area (Å²) in [5.74, 6) is 0. The molecule has 0 rings (SSSR count). The van der Waals surface area contributed by atoms with E-state index in [1.54, 1.807) is 0 Å². The van der Waals surface area contributed by atoms with E-state index in [1.807, 2.05) is 0 Å². The molecule has 0 spiro atoms. The van der Waals surface area contributed by atoms with Crippen LogP contribution in [0.3, 0.4) is 0 Å². The van der Waals surface area contributed by atoms with Crippen LogP contribution in [-0.4, -0.2) is 27.5 Å². The maximum Gasteiger partial charge on any atom is 3.00 e. The average Bonchev–Trinajstić information content (AvgIpc) is 1.54. The first-order valence-corrected chi connectivity index (χ1v) is 5.51. The van der Waals surface area contributed by atoms with E-state index >= 15 is 0 Å². The Hall–Kier alpha value is 1.20. The molecule has 0 heterocycles. The molecule has 0 aromatic heterocycles. The van der Waals surface area contributed by atoms with E-state index in [-0.39, 0.29) is 90.2 Å². The Morgan fingerprint density at radius 3 is 0.471 bits per heavy atom. The van der Waals surface area contributed by atoms with Crippen LogP contribution >= 0.6 is 0 Å². The molecule has 0 saturated heterocycles. The van der Waals surface area contributed by atoms with Crippen molar-refractivity contribution in [1.29, 1.82) is 0 Å². The van der Waals surface area contributed by atoms with Gasteiger partial charge in [0.15, 0.2) is 0 Å². The molecule has 0 N–H and O–H groups in total. The second kappa shape index (κ2) is 43.4. The number of hydrogen-bond donors (Lipinski definition) is 0. The van der Waals surface area contributed by atoms with E-state index < -0.39 is 27.5 Å². The monoisotopic (exact) mass is 626 g/mol. The predicted octanol–water partition coefficient (Wildman–Crippen LogP) is -8.99. The van der Waals surface area contributed by atoms with E-state index in [4.69, 9.17) is 42.2 Å². The Kier molecular flexibility index (Phi) is 132. The van der Waals surface area contributed by atoms with Crippen molar-refractivity contribution in [3.8, 4) is 0 Å². The topological polar surface area (TPSA) is 275 Å². The smallest absolute Gasteiger partial charge is 2.00 e. The van der Waals surface area contributed by atoms with Crippen LogP contribution in [0.15, 0.2) is 0 Å². The summed E-state index contributed by atoms with van der Waals surface area (Å²) in [5.41, 5.74) is 0. The standard InChI is InChI=1S/2Lu.3O3Si.3O/c;;3*1-4(2)3;;;/q2*+3;6*-2. The third-order valence-electron chi connectivity index (χ3n) is 0. The molecule has 0 radical (unpaired) electrons. The van der Waals surface area contributed by atoms with Gasteiger partial charge in [-0.2, -0.15) is 0 Å². The van der Waals surface area contributed by atoms with E-state index in [2.05, 4.69) is 0 Å². The van der Waals surface area contributed by atoms with Crippen molar-refractivity contribution in [3.05, 3.63) is 0 Å². The van der Waals surface area contributed by atoms with Crippen LogP contribution in [0.25, 0.3) is 0 Å². The Morgan fingerprint density at radius 1 is 0.471 bits per heavy atom. The minimum Gasteiger partial charge on any atom is -2.00 e. The van der Waals surface area contributed by atoms with Crippen LogP contribution in [0.2, 0.25) is 0 Å². The van der Waals surface area contributed by atoms with Crippen LogP contribution in [0.4, 0.5) is 0 Å². The van der Waals surface area contributed by atoms with Gasteiger partial charge >= 0.3 is 73.7 Å². The Labute approximate surface area is 158 Å². The third-order valence-corrected chi connectivity index (χ3v) is 0. The van der Waals surface area contributed by atoms with E-state index in [9.17, 15) is 0 Å². The van der Waals surface area contributed by atoms with Gasteiger partial charge in [-0.15, -0.1) is 0 Å². The Balaban J connectivity index is -0.0000000104. The van der Waals surface area contributed by atoms with Gasteiger partial charge in [0.2, 0.25) is 0 Å². The van der Waals surface area contributed by atoms with Gasteiger partial charge < -0.3 is 58.6 Å². The molecule has 0 aliphatic heterocycles. The molecule has 0 bridgehead atoms. The molecular formula is Lu2O12Si3-6. The maximum atomic E-state index is 8.52. The normalized spacial score (nSPS) is 4.24. The van der Waals surface area contributed by atoms with Gasteiger partial charge in [0.05, 0.1) is 0 Å². The molecule has 0 fully saturated rings. The van der Waals surface area contributed by atoms with Crippen molar-refractivity contribution >= 4 is 27.5 Å². The zero-order chi connectivity index (χ0) is 10.7. The zero-order valence-electron chi connectivity index (χ0n) is 6.92. The van der Waals surface area contributed by atoms with Crippen LogP contribution in [-0.2, 0) is 29.8 Å². The van der Waals surface area contributed by atoms with Crippen LogP contribution in [0.1, 0.15) is 0 Å². The number of hydrogen-bond acceptors (Lipinski definition) is 9. The summed E-state index contributed by atoms with van der Waals surface area (Å²) in [6, 6.07) is 0. The van der Waals surface area contributed by atoms with Crippen molar-refractivity contribution in [2.75, 3.05) is 0 Å². The van der Waals surface area contributed by atoms with E-state index in [0.29, 0.717) is 0 Å². The minimum absolute atomic E-state index is 0. The average molecular weight is 626 g/mol. The van der Waals surface area contributed by atoms with Crippen molar-refractivity contribution in [2.45, 2.75) is 0 Å². The molecule has 17 heavy (non-hydrogen) atoms. The second-order valence-corrected chi connectivity index (χ2v) is 2.25. The molecule has 0 aromatic rings. The van der Waals surface area contributed by atoms with Gasteiger partial charge in [-0.05, 0) is 0 Å². The van der Waals surface area contributed by atoms with Gasteiger partial charge in [0.1, 0.15) is 0 Å². The van der Waals surface area contributed by atoms with Gasteiger partial charge in [-0.3, -0.25) is 0 Å². The van der Waals surface area contributed by atoms with Crippen molar-refractivity contribution in [2.24, 2.45) is 0 Å². The first-order chi connectivity index (χ1) is 5.20. The zero-order valence-corrected chi connectivity index (χ0v) is 13.2. The van der Waals surface area contributed by atoms with Crippen LogP contribution in [0.5, 0.6) is 0 Å². The minimum atomic E-state index is -3.63. The largest absolute Gasteiger partial charge is 3.00 e. The summed E-state index contributed by atoms with van der Waals surface area (Å²) in [7, 11) is -10.9. The molecule has 0 aliphatic carbocycles. The van der Waals surface area contributed by atoms with E-state index in [0.717, 1.165) is 0 Å². The van der Waals surface area contributed by atoms with Gasteiger partial charge in [0, 0.05) is 27.5 Å². The molecule has 0 atom stereocenters. The molecule has 0 aromatic carbocycles. The van der Waals surface area contributed by atoms with Gasteiger partial charge in [-0.1, -0.05) is 0 Å². The molecule has 0 aliphatic rings. The quantitative estimate of drug-likeness (QED) is 0.231. The molecule has 0 unspecified atom stereocenters. The van der Waals surface area contributed by atoms with Gasteiger partial charge in [0.25, 0.3) is 0 Å². The SMILES string of the molecule is O=[Si]([O-])[O-].O=[Si]([O-])[O-].O=[Si]([O-])[O-].[Lu+3].[Lu+3].[O-2].[O-2].[O-2]. The molecular weight excluding hydrogens is 626 g/mol. The van der Waals surface area contributed by atoms with Crippen molar-refractivity contribution in [1.82, 2.24) is 0 Å². The fourth-order valence-corrected chi connectivity index (χ4v) is 0. The fraction of sp³-hybridized carbons (Fsp3) is 0. The fourth-order valence-electron chi connectivity index (χ4n) is 0. The molecule has 17 heteroatoms. The first kappa shape index (κ1) is 51.8. The summed E-state index contributed by atoms with van der Waals surface area (Å²) in [6.07, 6.45) is 0. The van der Waals surface area contributed by atoms with Crippen LogP contribution < -0.4 is 28.8 Å². The molecule has 0 saturated carbocycles. The summed E-state index contributed by atoms with van der Waals surface area (Å²) in [4.78, 5) is 51.1. The molecule has 12 nitrogen and oxygen atoms in total. The predicted molar refractivity (Wildman–Crippen MR) is 21.4 cm³/mol. The van der Waals surface area contributed by atoms with Crippen molar-refractivity contribution in [3.63, 3.8) is 0 Å². The Morgan fingerprint density at radius 2 is 0.471 bits per heavy atom.